The van der Waals surface area contributed by atoms with Crippen LogP contribution in [0.3, 0.4) is 0 Å². The Hall–Kier alpha value is -4.43. The number of carbonyl (C=O) groups excluding carboxylic acids is 1. The van der Waals surface area contributed by atoms with Crippen LogP contribution in [0.5, 0.6) is 0 Å². The molecule has 3 aromatic carbocycles. The van der Waals surface area contributed by atoms with Crippen LogP contribution >= 0.6 is 0 Å². The Kier molecular flexibility index (Phi) is 10.1. The monoisotopic (exact) mass is 592 g/mol. The quantitative estimate of drug-likeness (QED) is 0.179. The minimum absolute atomic E-state index is 0.0522. The summed E-state index contributed by atoms with van der Waals surface area (Å²) in [6.45, 7) is -0.0787. The normalized spacial score (nSPS) is 12.7. The largest absolute Gasteiger partial charge is 0.478 e. The van der Waals surface area contributed by atoms with Crippen LogP contribution < -0.4 is 21.7 Å². The summed E-state index contributed by atoms with van der Waals surface area (Å²) in [4.78, 5) is 35.9. The Morgan fingerprint density at radius 3 is 2.12 bits per heavy atom. The summed E-state index contributed by atoms with van der Waals surface area (Å²) in [5.41, 5.74) is 4.68. The Bertz CT molecular complexity index is 1480. The third kappa shape index (κ3) is 8.53. The van der Waals surface area contributed by atoms with Crippen molar-refractivity contribution in [1.82, 2.24) is 5.32 Å². The molecule has 0 aliphatic heterocycles. The number of carbonyl (C=O) groups is 3. The molecule has 1 amide bonds. The molecule has 2 atom stereocenters. The number of hydrogen-bond donors (Lipinski definition) is 6. The third-order valence-corrected chi connectivity index (χ3v) is 6.69. The predicted octanol–water partition coefficient (Wildman–Crippen LogP) is 4.30. The number of nitrogens with two attached hydrogens (primary N) is 1. The van der Waals surface area contributed by atoms with Gasteiger partial charge in [-0.2, -0.15) is 13.2 Å². The first-order valence-electron chi connectivity index (χ1n) is 12.0. The molecule has 0 fully saturated rings. The zero-order valence-electron chi connectivity index (χ0n) is 21.6. The number of para-hydroxylation sites is 1. The van der Waals surface area contributed by atoms with Gasteiger partial charge >= 0.3 is 18.1 Å². The number of alkyl halides is 3. The molecule has 0 bridgehead atoms. The fourth-order valence-corrected chi connectivity index (χ4v) is 4.32. The highest BCUT2D eigenvalue weighted by molar-refractivity contribution is 7.84. The van der Waals surface area contributed by atoms with Crippen LogP contribution in [0, 0.1) is 0 Å². The van der Waals surface area contributed by atoms with E-state index in [4.69, 9.17) is 5.73 Å². The van der Waals surface area contributed by atoms with Crippen molar-refractivity contribution in [1.29, 1.82) is 0 Å². The number of carboxylic acids is 2. The Balaban J connectivity index is 1.91. The molecule has 3 rings (SSSR count). The molecule has 0 spiro atoms. The van der Waals surface area contributed by atoms with Crippen LogP contribution in [-0.4, -0.2) is 50.3 Å². The maximum absolute atomic E-state index is 13.5. The Morgan fingerprint density at radius 1 is 0.878 bits per heavy atom. The first kappa shape index (κ1) is 31.1. The van der Waals surface area contributed by atoms with E-state index in [2.05, 4.69) is 16.0 Å². The van der Waals surface area contributed by atoms with Crippen molar-refractivity contribution < 1.29 is 42.0 Å². The van der Waals surface area contributed by atoms with Gasteiger partial charge in [0.25, 0.3) is 0 Å². The second-order valence-corrected chi connectivity index (χ2v) is 10.5. The zero-order chi connectivity index (χ0) is 30.3. The molecule has 3 aromatic rings. The van der Waals surface area contributed by atoms with E-state index < -0.39 is 46.4 Å². The summed E-state index contributed by atoms with van der Waals surface area (Å²) >= 11 is 0. The number of halogens is 3. The smallest absolute Gasteiger partial charge is 0.416 e. The molecule has 41 heavy (non-hydrogen) atoms. The van der Waals surface area contributed by atoms with Gasteiger partial charge in [0.1, 0.15) is 0 Å². The number of aromatic carboxylic acids is 2. The van der Waals surface area contributed by atoms with Crippen LogP contribution in [0.1, 0.15) is 38.3 Å². The van der Waals surface area contributed by atoms with E-state index in [0.717, 1.165) is 18.2 Å². The molecule has 0 aliphatic rings. The standard InChI is InChI=1S/C27H27F3N4O6S/c1-41(40)11-10-19(31)24(35)32-14-15-6-8-21(18(12-15)26(38)39)34-23-13-16(27(28,29)30)7-9-22(23)33-20-5-3-2-4-17(20)25(36)37/h2-9,12-13,19,33-34H,10-11,14,31H2,1H3,(H,32,35)(H,36,37)(H,38,39). The maximum Gasteiger partial charge on any atom is 0.416 e. The number of rotatable bonds is 12. The highest BCUT2D eigenvalue weighted by atomic mass is 32.2. The van der Waals surface area contributed by atoms with Crippen molar-refractivity contribution in [3.05, 3.63) is 82.9 Å². The van der Waals surface area contributed by atoms with Crippen molar-refractivity contribution in [2.45, 2.75) is 25.2 Å². The van der Waals surface area contributed by atoms with E-state index in [-0.39, 0.29) is 52.6 Å². The number of anilines is 4. The lowest BCUT2D eigenvalue weighted by molar-refractivity contribution is -0.137. The number of amides is 1. The molecular formula is C27H27F3N4O6S. The van der Waals surface area contributed by atoms with Crippen molar-refractivity contribution in [2.24, 2.45) is 5.73 Å². The number of carboxylic acid groups (broad SMARTS) is 2. The Morgan fingerprint density at radius 2 is 1.49 bits per heavy atom. The van der Waals surface area contributed by atoms with E-state index in [1.54, 1.807) is 6.07 Å². The molecule has 0 aromatic heterocycles. The molecule has 0 saturated carbocycles. The molecule has 14 heteroatoms. The summed E-state index contributed by atoms with van der Waals surface area (Å²) in [6, 6.07) is 11.6. The number of hydrogen-bond acceptors (Lipinski definition) is 7. The Labute approximate surface area is 235 Å². The van der Waals surface area contributed by atoms with Gasteiger partial charge in [0.05, 0.1) is 45.5 Å². The van der Waals surface area contributed by atoms with E-state index in [9.17, 15) is 42.0 Å². The van der Waals surface area contributed by atoms with Gasteiger partial charge in [0.2, 0.25) is 5.91 Å². The average molecular weight is 593 g/mol. The van der Waals surface area contributed by atoms with Gasteiger partial charge in [-0.25, -0.2) is 9.59 Å². The van der Waals surface area contributed by atoms with Gasteiger partial charge in [0, 0.05) is 29.4 Å². The van der Waals surface area contributed by atoms with Gasteiger partial charge in [0.15, 0.2) is 0 Å². The van der Waals surface area contributed by atoms with Gasteiger partial charge in [-0.1, -0.05) is 18.2 Å². The van der Waals surface area contributed by atoms with E-state index in [1.807, 2.05) is 0 Å². The molecule has 7 N–H and O–H groups in total. The summed E-state index contributed by atoms with van der Waals surface area (Å²) in [5, 5.41) is 27.4. The van der Waals surface area contributed by atoms with Crippen LogP contribution in [0.25, 0.3) is 0 Å². The lowest BCUT2D eigenvalue weighted by Crippen LogP contribution is -2.41. The summed E-state index contributed by atoms with van der Waals surface area (Å²) < 4.78 is 51.8. The minimum Gasteiger partial charge on any atom is -0.478 e. The molecule has 218 valence electrons. The average Bonchev–Trinajstić information content (AvgIpc) is 2.91. The van der Waals surface area contributed by atoms with Crippen LogP contribution in [0.15, 0.2) is 60.7 Å². The van der Waals surface area contributed by atoms with Gasteiger partial charge in [-0.3, -0.25) is 9.00 Å². The van der Waals surface area contributed by atoms with Crippen molar-refractivity contribution in [3.8, 4) is 0 Å². The second-order valence-electron chi connectivity index (χ2n) is 8.93. The number of benzene rings is 3. The highest BCUT2D eigenvalue weighted by Crippen LogP contribution is 2.37. The van der Waals surface area contributed by atoms with Gasteiger partial charge < -0.3 is 31.9 Å². The van der Waals surface area contributed by atoms with Crippen LogP contribution in [0.4, 0.5) is 35.9 Å². The van der Waals surface area contributed by atoms with Crippen molar-refractivity contribution in [2.75, 3.05) is 22.6 Å². The molecule has 10 nitrogen and oxygen atoms in total. The fraction of sp³-hybridized carbons (Fsp3) is 0.222. The number of nitrogens with one attached hydrogen (secondary N) is 3. The molecule has 0 radical (unpaired) electrons. The van der Waals surface area contributed by atoms with Crippen LogP contribution in [0.2, 0.25) is 0 Å². The fourth-order valence-electron chi connectivity index (χ4n) is 3.73. The van der Waals surface area contributed by atoms with Crippen molar-refractivity contribution in [3.63, 3.8) is 0 Å². The molecule has 0 heterocycles. The first-order valence-corrected chi connectivity index (χ1v) is 13.8. The maximum atomic E-state index is 13.5. The second kappa shape index (κ2) is 13.3. The summed E-state index contributed by atoms with van der Waals surface area (Å²) in [6.07, 6.45) is -3.03. The van der Waals surface area contributed by atoms with Crippen LogP contribution in [-0.2, 0) is 28.3 Å². The highest BCUT2D eigenvalue weighted by Gasteiger charge is 2.31. The van der Waals surface area contributed by atoms with E-state index in [1.165, 1.54) is 42.7 Å². The lowest BCUT2D eigenvalue weighted by atomic mass is 10.1. The zero-order valence-corrected chi connectivity index (χ0v) is 22.4. The lowest BCUT2D eigenvalue weighted by Gasteiger charge is -2.19. The molecule has 0 saturated heterocycles. The topological polar surface area (TPSA) is 171 Å². The first-order chi connectivity index (χ1) is 19.3. The van der Waals surface area contributed by atoms with Gasteiger partial charge in [-0.05, 0) is 54.4 Å². The molecular weight excluding hydrogens is 565 g/mol. The minimum atomic E-state index is -4.71. The SMILES string of the molecule is CS(=O)CCC(N)C(=O)NCc1ccc(Nc2cc(C(F)(F)F)ccc2Nc2ccccc2C(=O)O)c(C(=O)O)c1. The third-order valence-electron chi connectivity index (χ3n) is 5.88. The molecule has 2 unspecified atom stereocenters. The molecule has 0 aliphatic carbocycles. The predicted molar refractivity (Wildman–Crippen MR) is 148 cm³/mol. The summed E-state index contributed by atoms with van der Waals surface area (Å²) in [7, 11) is -1.12. The van der Waals surface area contributed by atoms with E-state index in [0.29, 0.717) is 5.56 Å². The summed E-state index contributed by atoms with van der Waals surface area (Å²) in [5.74, 6) is -2.92. The van der Waals surface area contributed by atoms with E-state index >= 15 is 0 Å². The van der Waals surface area contributed by atoms with Crippen molar-refractivity contribution >= 4 is 51.4 Å². The van der Waals surface area contributed by atoms with Gasteiger partial charge in [-0.15, -0.1) is 0 Å².